The Bertz CT molecular complexity index is 930. The third-order valence-electron chi connectivity index (χ3n) is 3.69. The first-order valence-corrected chi connectivity index (χ1v) is 7.58. The van der Waals surface area contributed by atoms with Crippen LogP contribution in [0.4, 0.5) is 14.5 Å². The number of carbonyl (C=O) groups is 1. The number of hydrogen-bond donors (Lipinski definition) is 2. The van der Waals surface area contributed by atoms with E-state index >= 15 is 0 Å². The molecule has 3 aromatic rings. The summed E-state index contributed by atoms with van der Waals surface area (Å²) < 4.78 is 26.3. The Labute approximate surface area is 143 Å². The lowest BCUT2D eigenvalue weighted by Crippen LogP contribution is -1.95. The number of nitrogens with one attached hydrogen (secondary N) is 2. The van der Waals surface area contributed by atoms with Gasteiger partial charge in [-0.1, -0.05) is 0 Å². The molecule has 1 heterocycles. The summed E-state index contributed by atoms with van der Waals surface area (Å²) in [6.45, 7) is 0. The number of rotatable bonds is 5. The van der Waals surface area contributed by atoms with Crippen molar-refractivity contribution in [2.45, 2.75) is 0 Å². The van der Waals surface area contributed by atoms with Gasteiger partial charge in [0.25, 0.3) is 0 Å². The molecule has 0 aliphatic heterocycles. The topological polar surface area (TPSA) is 57.8 Å². The summed E-state index contributed by atoms with van der Waals surface area (Å²) in [5, 5.41) is 9.78. The molecule has 1 aromatic heterocycles. The minimum Gasteiger partial charge on any atom is -0.388 e. The van der Waals surface area contributed by atoms with Crippen molar-refractivity contribution in [1.82, 2.24) is 10.2 Å². The number of H-pyrrole nitrogens is 1. The van der Waals surface area contributed by atoms with Crippen molar-refractivity contribution in [1.29, 1.82) is 0 Å². The van der Waals surface area contributed by atoms with E-state index in [2.05, 4.69) is 15.5 Å². The molecule has 0 atom stereocenters. The largest absolute Gasteiger partial charge is 0.388 e. The van der Waals surface area contributed by atoms with E-state index in [0.29, 0.717) is 22.5 Å². The van der Waals surface area contributed by atoms with Crippen molar-refractivity contribution >= 4 is 17.5 Å². The van der Waals surface area contributed by atoms with Crippen LogP contribution in [0.25, 0.3) is 17.3 Å². The molecular formula is C19H15F2N3O. The average Bonchev–Trinajstić information content (AvgIpc) is 3.11. The lowest BCUT2D eigenvalue weighted by molar-refractivity contribution is 0.104. The molecule has 3 rings (SSSR count). The molecule has 0 spiro atoms. The highest BCUT2D eigenvalue weighted by Gasteiger charge is 2.07. The number of carbonyl (C=O) groups excluding carboxylic acids is 1. The molecule has 0 saturated heterocycles. The summed E-state index contributed by atoms with van der Waals surface area (Å²) in [5.41, 5.74) is 2.98. The molecule has 0 aliphatic rings. The summed E-state index contributed by atoms with van der Waals surface area (Å²) in [6.07, 6.45) is 3.02. The number of ketones is 1. The van der Waals surface area contributed by atoms with Crippen molar-refractivity contribution in [3.05, 3.63) is 77.5 Å². The Hall–Kier alpha value is -3.28. The van der Waals surface area contributed by atoms with E-state index in [0.717, 1.165) is 17.8 Å². The predicted molar refractivity (Wildman–Crippen MR) is 93.3 cm³/mol. The average molecular weight is 339 g/mol. The molecule has 2 aromatic carbocycles. The van der Waals surface area contributed by atoms with Gasteiger partial charge in [-0.25, -0.2) is 8.78 Å². The Balaban J connectivity index is 1.74. The monoisotopic (exact) mass is 339 g/mol. The third kappa shape index (κ3) is 3.80. The van der Waals surface area contributed by atoms with Crippen molar-refractivity contribution < 1.29 is 13.6 Å². The molecule has 0 fully saturated rings. The van der Waals surface area contributed by atoms with Gasteiger partial charge < -0.3 is 5.32 Å². The van der Waals surface area contributed by atoms with Crippen LogP contribution in [0.15, 0.2) is 54.6 Å². The van der Waals surface area contributed by atoms with Gasteiger partial charge in [-0.2, -0.15) is 5.10 Å². The number of halogens is 2. The van der Waals surface area contributed by atoms with Crippen molar-refractivity contribution in [2.75, 3.05) is 12.4 Å². The van der Waals surface area contributed by atoms with Crippen LogP contribution in [-0.2, 0) is 0 Å². The molecule has 0 amide bonds. The zero-order valence-corrected chi connectivity index (χ0v) is 13.4. The quantitative estimate of drug-likeness (QED) is 0.538. The van der Waals surface area contributed by atoms with E-state index in [4.69, 9.17) is 0 Å². The molecule has 25 heavy (non-hydrogen) atoms. The summed E-state index contributed by atoms with van der Waals surface area (Å²) in [6, 6.07) is 12.3. The highest BCUT2D eigenvalue weighted by atomic mass is 19.2. The van der Waals surface area contributed by atoms with Gasteiger partial charge >= 0.3 is 0 Å². The molecule has 0 saturated carbocycles. The first-order chi connectivity index (χ1) is 12.1. The van der Waals surface area contributed by atoms with Crippen LogP contribution in [0, 0.1) is 11.6 Å². The molecule has 4 nitrogen and oxygen atoms in total. The Morgan fingerprint density at radius 3 is 2.52 bits per heavy atom. The minimum atomic E-state index is -0.933. The third-order valence-corrected chi connectivity index (χ3v) is 3.69. The maximum atomic E-state index is 13.3. The van der Waals surface area contributed by atoms with Crippen molar-refractivity contribution in [3.63, 3.8) is 0 Å². The van der Waals surface area contributed by atoms with Gasteiger partial charge in [-0.15, -0.1) is 0 Å². The van der Waals surface area contributed by atoms with Crippen LogP contribution in [-0.4, -0.2) is 23.0 Å². The van der Waals surface area contributed by atoms with Crippen LogP contribution < -0.4 is 5.32 Å². The number of aromatic amines is 1. The molecule has 0 aliphatic carbocycles. The predicted octanol–water partition coefficient (Wildman–Crippen LogP) is 4.29. The molecule has 126 valence electrons. The van der Waals surface area contributed by atoms with Gasteiger partial charge in [0.05, 0.1) is 11.4 Å². The van der Waals surface area contributed by atoms with E-state index in [-0.39, 0.29) is 5.78 Å². The van der Waals surface area contributed by atoms with Crippen molar-refractivity contribution in [3.8, 4) is 11.3 Å². The smallest absolute Gasteiger partial charge is 0.185 e. The van der Waals surface area contributed by atoms with Gasteiger partial charge in [0, 0.05) is 23.9 Å². The Morgan fingerprint density at radius 2 is 1.84 bits per heavy atom. The number of aromatic nitrogens is 2. The van der Waals surface area contributed by atoms with Crippen LogP contribution in [0.5, 0.6) is 0 Å². The number of allylic oxidation sites excluding steroid dienone is 1. The SMILES string of the molecule is CNc1ccc(C(=O)/C=C/c2cc(-c3ccc(F)c(F)c3)n[nH]2)cc1. The zero-order valence-electron chi connectivity index (χ0n) is 13.4. The van der Waals surface area contributed by atoms with Crippen LogP contribution in [0.3, 0.4) is 0 Å². The number of hydrogen-bond acceptors (Lipinski definition) is 3. The van der Waals surface area contributed by atoms with E-state index in [1.54, 1.807) is 31.3 Å². The number of nitrogens with zero attached hydrogens (tertiary/aromatic N) is 1. The second-order valence-corrected chi connectivity index (χ2v) is 5.36. The summed E-state index contributed by atoms with van der Waals surface area (Å²) in [4.78, 5) is 12.1. The number of benzene rings is 2. The maximum absolute atomic E-state index is 13.3. The van der Waals surface area contributed by atoms with E-state index in [9.17, 15) is 13.6 Å². The molecule has 0 bridgehead atoms. The second kappa shape index (κ2) is 7.09. The number of anilines is 1. The van der Waals surface area contributed by atoms with E-state index in [1.807, 2.05) is 12.1 Å². The van der Waals surface area contributed by atoms with Gasteiger partial charge in [0.1, 0.15) is 0 Å². The van der Waals surface area contributed by atoms with Gasteiger partial charge in [0.15, 0.2) is 17.4 Å². The lowest BCUT2D eigenvalue weighted by Gasteiger charge is -2.00. The highest BCUT2D eigenvalue weighted by Crippen LogP contribution is 2.20. The second-order valence-electron chi connectivity index (χ2n) is 5.36. The van der Waals surface area contributed by atoms with Gasteiger partial charge in [-0.05, 0) is 60.7 Å². The highest BCUT2D eigenvalue weighted by molar-refractivity contribution is 6.06. The molecule has 6 heteroatoms. The van der Waals surface area contributed by atoms with Crippen molar-refractivity contribution in [2.24, 2.45) is 0 Å². The zero-order chi connectivity index (χ0) is 17.8. The van der Waals surface area contributed by atoms with Crippen LogP contribution in [0.2, 0.25) is 0 Å². The standard InChI is InChI=1S/C19H15F2N3O/c1-22-14-5-2-12(3-6-14)19(25)9-7-15-11-18(24-23-15)13-4-8-16(20)17(21)10-13/h2-11,22H,1H3,(H,23,24)/b9-7+. The summed E-state index contributed by atoms with van der Waals surface area (Å²) >= 11 is 0. The fraction of sp³-hybridized carbons (Fsp3) is 0.0526. The van der Waals surface area contributed by atoms with Crippen LogP contribution in [0.1, 0.15) is 16.1 Å². The minimum absolute atomic E-state index is 0.147. The summed E-state index contributed by atoms with van der Waals surface area (Å²) in [7, 11) is 1.81. The van der Waals surface area contributed by atoms with Crippen LogP contribution >= 0.6 is 0 Å². The van der Waals surface area contributed by atoms with E-state index < -0.39 is 11.6 Å². The summed E-state index contributed by atoms with van der Waals surface area (Å²) in [5.74, 6) is -1.99. The van der Waals surface area contributed by atoms with Gasteiger partial charge in [0.2, 0.25) is 0 Å². The molecule has 2 N–H and O–H groups in total. The molecule has 0 unspecified atom stereocenters. The first kappa shape index (κ1) is 16.6. The Kier molecular flexibility index (Phi) is 4.70. The Morgan fingerprint density at radius 1 is 1.08 bits per heavy atom. The fourth-order valence-corrected chi connectivity index (χ4v) is 2.29. The maximum Gasteiger partial charge on any atom is 0.185 e. The molecular weight excluding hydrogens is 324 g/mol. The fourth-order valence-electron chi connectivity index (χ4n) is 2.29. The normalized spacial score (nSPS) is 11.0. The lowest BCUT2D eigenvalue weighted by atomic mass is 10.1. The first-order valence-electron chi connectivity index (χ1n) is 7.58. The molecule has 0 radical (unpaired) electrons. The van der Waals surface area contributed by atoms with Gasteiger partial charge in [-0.3, -0.25) is 9.89 Å². The van der Waals surface area contributed by atoms with E-state index in [1.165, 1.54) is 12.1 Å².